The Bertz CT molecular complexity index is 924. The number of hydrogen-bond donors (Lipinski definition) is 0. The van der Waals surface area contributed by atoms with Gasteiger partial charge < -0.3 is 4.74 Å². The molecule has 0 radical (unpaired) electrons. The highest BCUT2D eigenvalue weighted by Gasteiger charge is 2.26. The number of benzene rings is 1. The van der Waals surface area contributed by atoms with E-state index < -0.39 is 18.1 Å². The summed E-state index contributed by atoms with van der Waals surface area (Å²) >= 11 is 0. The third-order valence-electron chi connectivity index (χ3n) is 3.71. The number of rotatable bonds is 5. The van der Waals surface area contributed by atoms with E-state index in [1.54, 1.807) is 6.92 Å². The number of hydrogen-bond acceptors (Lipinski definition) is 5. The van der Waals surface area contributed by atoms with Crippen molar-refractivity contribution in [1.82, 2.24) is 19.7 Å². The van der Waals surface area contributed by atoms with E-state index in [9.17, 15) is 13.6 Å². The first-order valence-electron chi connectivity index (χ1n) is 7.74. The number of para-hydroxylation sites is 1. The van der Waals surface area contributed by atoms with E-state index in [2.05, 4.69) is 15.1 Å². The molecule has 0 amide bonds. The van der Waals surface area contributed by atoms with Gasteiger partial charge in [0.25, 0.3) is 6.43 Å². The van der Waals surface area contributed by atoms with Gasteiger partial charge >= 0.3 is 5.97 Å². The van der Waals surface area contributed by atoms with Crippen LogP contribution in [-0.4, -0.2) is 32.3 Å². The largest absolute Gasteiger partial charge is 0.462 e. The molecule has 0 saturated heterocycles. The highest BCUT2D eigenvalue weighted by atomic mass is 19.3. The first-order chi connectivity index (χ1) is 12.0. The van der Waals surface area contributed by atoms with Crippen molar-refractivity contribution in [2.75, 3.05) is 6.61 Å². The lowest BCUT2D eigenvalue weighted by Crippen LogP contribution is -2.13. The topological polar surface area (TPSA) is 69.9 Å². The van der Waals surface area contributed by atoms with E-state index in [4.69, 9.17) is 4.74 Å². The summed E-state index contributed by atoms with van der Waals surface area (Å²) in [6.07, 6.45) is -1.78. The van der Waals surface area contributed by atoms with E-state index in [0.29, 0.717) is 5.82 Å². The van der Waals surface area contributed by atoms with Gasteiger partial charge in [-0.25, -0.2) is 23.5 Å². The van der Waals surface area contributed by atoms with Gasteiger partial charge in [0.15, 0.2) is 5.82 Å². The molecule has 6 nitrogen and oxygen atoms in total. The molecule has 0 N–H and O–H groups in total. The van der Waals surface area contributed by atoms with Crippen molar-refractivity contribution in [3.05, 3.63) is 53.2 Å². The van der Waals surface area contributed by atoms with Crippen LogP contribution in [0.15, 0.2) is 30.5 Å². The lowest BCUT2D eigenvalue weighted by molar-refractivity contribution is 0.0513. The minimum absolute atomic E-state index is 0.0647. The molecule has 0 atom stereocenters. The standard InChI is InChI=1S/C17H16F2N4O2/c1-3-25-17(24)12-8-20-23(15(12)16(18)19)9-14-21-10(2)11-6-4-5-7-13(11)22-14/h4-8,16H,3,9H2,1-2H3. The number of esters is 1. The Morgan fingerprint density at radius 1 is 1.28 bits per heavy atom. The number of halogens is 2. The zero-order chi connectivity index (χ0) is 18.0. The van der Waals surface area contributed by atoms with Gasteiger partial charge in [-0.2, -0.15) is 5.10 Å². The van der Waals surface area contributed by atoms with Crippen LogP contribution in [-0.2, 0) is 11.3 Å². The molecule has 0 spiro atoms. The molecule has 130 valence electrons. The van der Waals surface area contributed by atoms with Crippen LogP contribution >= 0.6 is 0 Å². The normalized spacial score (nSPS) is 11.2. The van der Waals surface area contributed by atoms with E-state index in [-0.39, 0.29) is 18.7 Å². The fraction of sp³-hybridized carbons (Fsp3) is 0.294. The van der Waals surface area contributed by atoms with Crippen LogP contribution in [0.4, 0.5) is 8.78 Å². The summed E-state index contributed by atoms with van der Waals surface area (Å²) in [5.74, 6) is -0.476. The number of carbonyl (C=O) groups is 1. The summed E-state index contributed by atoms with van der Waals surface area (Å²) in [6, 6.07) is 7.45. The van der Waals surface area contributed by atoms with Crippen molar-refractivity contribution in [3.8, 4) is 0 Å². The Morgan fingerprint density at radius 3 is 2.76 bits per heavy atom. The summed E-state index contributed by atoms with van der Waals surface area (Å²) in [4.78, 5) is 20.6. The molecule has 0 fully saturated rings. The van der Waals surface area contributed by atoms with Crippen LogP contribution in [0, 0.1) is 6.92 Å². The fourth-order valence-electron chi connectivity index (χ4n) is 2.62. The number of fused-ring (bicyclic) bond motifs is 1. The van der Waals surface area contributed by atoms with E-state index in [1.807, 2.05) is 31.2 Å². The molecule has 25 heavy (non-hydrogen) atoms. The van der Waals surface area contributed by atoms with Gasteiger partial charge in [0.05, 0.1) is 18.3 Å². The maximum atomic E-state index is 13.4. The molecule has 0 aliphatic rings. The van der Waals surface area contributed by atoms with E-state index in [1.165, 1.54) is 0 Å². The predicted octanol–water partition coefficient (Wildman–Crippen LogP) is 3.30. The molecule has 8 heteroatoms. The maximum absolute atomic E-state index is 13.4. The summed E-state index contributed by atoms with van der Waals surface area (Å²) in [7, 11) is 0. The van der Waals surface area contributed by atoms with Gasteiger partial charge in [-0.05, 0) is 19.9 Å². The SMILES string of the molecule is CCOC(=O)c1cnn(Cc2nc(C)c3ccccc3n2)c1C(F)F. The molecule has 3 rings (SSSR count). The first kappa shape index (κ1) is 16.9. The summed E-state index contributed by atoms with van der Waals surface area (Å²) in [5.41, 5.74) is 0.737. The molecule has 3 aromatic rings. The van der Waals surface area contributed by atoms with Crippen molar-refractivity contribution in [1.29, 1.82) is 0 Å². The van der Waals surface area contributed by atoms with E-state index in [0.717, 1.165) is 27.5 Å². The van der Waals surface area contributed by atoms with Crippen molar-refractivity contribution in [2.24, 2.45) is 0 Å². The van der Waals surface area contributed by atoms with Gasteiger partial charge in [-0.1, -0.05) is 18.2 Å². The van der Waals surface area contributed by atoms with Crippen LogP contribution in [0.25, 0.3) is 10.9 Å². The molecular formula is C17H16F2N4O2. The van der Waals surface area contributed by atoms with Crippen molar-refractivity contribution < 1.29 is 18.3 Å². The Hall–Kier alpha value is -2.90. The fourth-order valence-corrected chi connectivity index (χ4v) is 2.62. The number of alkyl halides is 2. The third-order valence-corrected chi connectivity index (χ3v) is 3.71. The molecule has 0 unspecified atom stereocenters. The van der Waals surface area contributed by atoms with Gasteiger partial charge in [0.2, 0.25) is 0 Å². The molecule has 1 aromatic carbocycles. The number of aryl methyl sites for hydroxylation is 1. The van der Waals surface area contributed by atoms with Gasteiger partial charge in [-0.15, -0.1) is 0 Å². The average Bonchev–Trinajstić information content (AvgIpc) is 2.99. The van der Waals surface area contributed by atoms with Crippen LogP contribution in [0.3, 0.4) is 0 Å². The lowest BCUT2D eigenvalue weighted by atomic mass is 10.2. The zero-order valence-electron chi connectivity index (χ0n) is 13.7. The summed E-state index contributed by atoms with van der Waals surface area (Å²) in [5, 5.41) is 4.80. The highest BCUT2D eigenvalue weighted by Crippen LogP contribution is 2.24. The molecule has 2 aromatic heterocycles. The third kappa shape index (κ3) is 3.33. The molecular weight excluding hydrogens is 330 g/mol. The highest BCUT2D eigenvalue weighted by molar-refractivity contribution is 5.90. The number of nitrogens with zero attached hydrogens (tertiary/aromatic N) is 4. The van der Waals surface area contributed by atoms with Gasteiger partial charge in [0, 0.05) is 11.1 Å². The minimum Gasteiger partial charge on any atom is -0.462 e. The second-order valence-corrected chi connectivity index (χ2v) is 5.36. The molecule has 0 saturated carbocycles. The minimum atomic E-state index is -2.87. The van der Waals surface area contributed by atoms with E-state index >= 15 is 0 Å². The molecule has 0 aliphatic carbocycles. The molecule has 2 heterocycles. The number of carbonyl (C=O) groups excluding carboxylic acids is 1. The summed E-state index contributed by atoms with van der Waals surface area (Å²) in [6.45, 7) is 3.47. The van der Waals surface area contributed by atoms with Crippen LogP contribution in [0.5, 0.6) is 0 Å². The molecule has 0 aliphatic heterocycles. The quantitative estimate of drug-likeness (QED) is 0.663. The maximum Gasteiger partial charge on any atom is 0.341 e. The Morgan fingerprint density at radius 2 is 2.04 bits per heavy atom. The van der Waals surface area contributed by atoms with Gasteiger partial charge in [0.1, 0.15) is 17.8 Å². The van der Waals surface area contributed by atoms with Crippen LogP contribution in [0.1, 0.15) is 40.9 Å². The number of ether oxygens (including phenoxy) is 1. The van der Waals surface area contributed by atoms with Crippen LogP contribution in [0.2, 0.25) is 0 Å². The second-order valence-electron chi connectivity index (χ2n) is 5.36. The Labute approximate surface area is 142 Å². The van der Waals surface area contributed by atoms with Crippen molar-refractivity contribution in [3.63, 3.8) is 0 Å². The first-order valence-corrected chi connectivity index (χ1v) is 7.74. The summed E-state index contributed by atoms with van der Waals surface area (Å²) < 4.78 is 32.7. The predicted molar refractivity (Wildman–Crippen MR) is 86.5 cm³/mol. The smallest absolute Gasteiger partial charge is 0.341 e. The average molecular weight is 346 g/mol. The Balaban J connectivity index is 1.99. The molecule has 0 bridgehead atoms. The monoisotopic (exact) mass is 346 g/mol. The Kier molecular flexibility index (Phi) is 4.69. The van der Waals surface area contributed by atoms with Crippen molar-refractivity contribution in [2.45, 2.75) is 26.8 Å². The van der Waals surface area contributed by atoms with Crippen LogP contribution < -0.4 is 0 Å². The zero-order valence-corrected chi connectivity index (χ0v) is 13.7. The lowest BCUT2D eigenvalue weighted by Gasteiger charge is -2.09. The van der Waals surface area contributed by atoms with Gasteiger partial charge in [-0.3, -0.25) is 4.68 Å². The second kappa shape index (κ2) is 6.92. The van der Waals surface area contributed by atoms with Crippen molar-refractivity contribution >= 4 is 16.9 Å². The number of aromatic nitrogens is 4.